The Morgan fingerprint density at radius 3 is 2.47 bits per heavy atom. The van der Waals surface area contributed by atoms with E-state index in [-0.39, 0.29) is 5.56 Å². The van der Waals surface area contributed by atoms with E-state index in [0.29, 0.717) is 11.5 Å². The van der Waals surface area contributed by atoms with Gasteiger partial charge >= 0.3 is 0 Å². The second-order valence-electron chi connectivity index (χ2n) is 4.08. The maximum atomic E-state index is 13.7. The number of thioether (sulfide) groups is 1. The Labute approximate surface area is 116 Å². The Morgan fingerprint density at radius 1 is 1.11 bits per heavy atom. The average molecular weight is 278 g/mol. The summed E-state index contributed by atoms with van der Waals surface area (Å²) in [6, 6.07) is 12.1. The van der Waals surface area contributed by atoms with Crippen LogP contribution in [-0.2, 0) is 0 Å². The van der Waals surface area contributed by atoms with Crippen LogP contribution in [0.4, 0.5) is 4.39 Å². The average Bonchev–Trinajstić information content (AvgIpc) is 2.39. The van der Waals surface area contributed by atoms with Gasteiger partial charge in [0.1, 0.15) is 17.3 Å². The maximum Gasteiger partial charge on any atom is 0.140 e. The lowest BCUT2D eigenvalue weighted by Crippen LogP contribution is -2.00. The van der Waals surface area contributed by atoms with E-state index >= 15 is 0 Å². The van der Waals surface area contributed by atoms with E-state index in [1.165, 1.54) is 13.0 Å². The summed E-state index contributed by atoms with van der Waals surface area (Å²) in [4.78, 5) is 0.961. The van der Waals surface area contributed by atoms with Crippen molar-refractivity contribution in [2.45, 2.75) is 17.9 Å². The molecule has 0 amide bonds. The molecule has 1 N–H and O–H groups in total. The van der Waals surface area contributed by atoms with Crippen molar-refractivity contribution in [1.29, 1.82) is 0 Å². The molecule has 0 fully saturated rings. The van der Waals surface area contributed by atoms with Crippen LogP contribution in [0, 0.1) is 5.82 Å². The van der Waals surface area contributed by atoms with Gasteiger partial charge in [-0.25, -0.2) is 4.39 Å². The van der Waals surface area contributed by atoms with Gasteiger partial charge in [-0.3, -0.25) is 0 Å². The van der Waals surface area contributed by atoms with Crippen LogP contribution in [-0.4, -0.2) is 11.4 Å². The number of rotatable bonds is 4. The topological polar surface area (TPSA) is 29.5 Å². The van der Waals surface area contributed by atoms with Crippen molar-refractivity contribution in [3.8, 4) is 11.5 Å². The molecule has 2 nitrogen and oxygen atoms in total. The SMILES string of the molecule is CSc1ccccc1Oc1cccc(F)c1[C@@H](C)O. The second-order valence-corrected chi connectivity index (χ2v) is 4.93. The summed E-state index contributed by atoms with van der Waals surface area (Å²) in [6.07, 6.45) is 1.03. The molecule has 2 rings (SSSR count). The van der Waals surface area contributed by atoms with E-state index in [4.69, 9.17) is 4.74 Å². The van der Waals surface area contributed by atoms with Gasteiger partial charge in [-0.2, -0.15) is 0 Å². The minimum atomic E-state index is -0.919. The van der Waals surface area contributed by atoms with Crippen LogP contribution in [0.3, 0.4) is 0 Å². The number of aliphatic hydroxyl groups is 1. The normalized spacial score (nSPS) is 12.2. The molecule has 2 aromatic rings. The fourth-order valence-corrected chi connectivity index (χ4v) is 2.36. The van der Waals surface area contributed by atoms with Gasteiger partial charge in [0.15, 0.2) is 0 Å². The number of hydrogen-bond donors (Lipinski definition) is 1. The lowest BCUT2D eigenvalue weighted by atomic mass is 10.1. The van der Waals surface area contributed by atoms with Gasteiger partial charge in [0.2, 0.25) is 0 Å². The summed E-state index contributed by atoms with van der Waals surface area (Å²) in [5.74, 6) is 0.535. The zero-order valence-corrected chi connectivity index (χ0v) is 11.6. The van der Waals surface area contributed by atoms with E-state index in [1.807, 2.05) is 30.5 Å². The van der Waals surface area contributed by atoms with E-state index in [1.54, 1.807) is 23.9 Å². The molecular formula is C15H15FO2S. The lowest BCUT2D eigenvalue weighted by Gasteiger charge is -2.15. The highest BCUT2D eigenvalue weighted by Crippen LogP contribution is 2.35. The molecule has 0 saturated carbocycles. The first-order valence-corrected chi connectivity index (χ1v) is 7.13. The zero-order chi connectivity index (χ0) is 13.8. The van der Waals surface area contributed by atoms with Crippen LogP contribution in [0.5, 0.6) is 11.5 Å². The summed E-state index contributed by atoms with van der Waals surface area (Å²) in [5.41, 5.74) is 0.179. The largest absolute Gasteiger partial charge is 0.456 e. The van der Waals surface area contributed by atoms with Crippen LogP contribution in [0.15, 0.2) is 47.4 Å². The third kappa shape index (κ3) is 3.08. The van der Waals surface area contributed by atoms with Crippen LogP contribution < -0.4 is 4.74 Å². The predicted octanol–water partition coefficient (Wildman–Crippen LogP) is 4.39. The van der Waals surface area contributed by atoms with Gasteiger partial charge in [0.05, 0.1) is 11.7 Å². The van der Waals surface area contributed by atoms with Gasteiger partial charge in [-0.15, -0.1) is 11.8 Å². The Morgan fingerprint density at radius 2 is 1.79 bits per heavy atom. The number of ether oxygens (including phenoxy) is 1. The molecule has 0 radical (unpaired) electrons. The molecule has 1 atom stereocenters. The Hall–Kier alpha value is -1.52. The predicted molar refractivity (Wildman–Crippen MR) is 75.3 cm³/mol. The standard InChI is InChI=1S/C15H15FO2S/c1-10(17)15-11(16)6-5-8-13(15)18-12-7-3-4-9-14(12)19-2/h3-10,17H,1-2H3/t10-/m1/s1. The van der Waals surface area contributed by atoms with Gasteiger partial charge in [-0.1, -0.05) is 18.2 Å². The number of benzene rings is 2. The van der Waals surface area contributed by atoms with Gasteiger partial charge in [0, 0.05) is 4.90 Å². The summed E-state index contributed by atoms with van der Waals surface area (Å²) >= 11 is 1.55. The summed E-state index contributed by atoms with van der Waals surface area (Å²) in [5, 5.41) is 9.66. The monoisotopic (exact) mass is 278 g/mol. The van der Waals surface area contributed by atoms with Crippen molar-refractivity contribution in [2.24, 2.45) is 0 Å². The van der Waals surface area contributed by atoms with Crippen LogP contribution in [0.25, 0.3) is 0 Å². The van der Waals surface area contributed by atoms with Crippen molar-refractivity contribution in [3.63, 3.8) is 0 Å². The molecule has 2 aromatic carbocycles. The minimum absolute atomic E-state index is 0.179. The first kappa shape index (κ1) is 13.9. The molecule has 0 aromatic heterocycles. The van der Waals surface area contributed by atoms with Crippen molar-refractivity contribution in [1.82, 2.24) is 0 Å². The quantitative estimate of drug-likeness (QED) is 0.841. The highest BCUT2D eigenvalue weighted by molar-refractivity contribution is 7.98. The molecule has 0 unspecified atom stereocenters. The van der Waals surface area contributed by atoms with E-state index < -0.39 is 11.9 Å². The molecule has 0 heterocycles. The van der Waals surface area contributed by atoms with Crippen molar-refractivity contribution >= 4 is 11.8 Å². The summed E-state index contributed by atoms with van der Waals surface area (Å²) < 4.78 is 19.5. The smallest absolute Gasteiger partial charge is 0.140 e. The molecule has 19 heavy (non-hydrogen) atoms. The fraction of sp³-hybridized carbons (Fsp3) is 0.200. The Bertz CT molecular complexity index is 570. The molecule has 0 bridgehead atoms. The molecule has 0 aliphatic rings. The van der Waals surface area contributed by atoms with Gasteiger partial charge in [-0.05, 0) is 37.4 Å². The highest BCUT2D eigenvalue weighted by atomic mass is 32.2. The fourth-order valence-electron chi connectivity index (χ4n) is 1.83. The first-order chi connectivity index (χ1) is 9.13. The molecule has 0 aliphatic carbocycles. The highest BCUT2D eigenvalue weighted by Gasteiger charge is 2.16. The van der Waals surface area contributed by atoms with Gasteiger partial charge in [0.25, 0.3) is 0 Å². The lowest BCUT2D eigenvalue weighted by molar-refractivity contribution is 0.190. The Balaban J connectivity index is 2.41. The van der Waals surface area contributed by atoms with Crippen LogP contribution in [0.1, 0.15) is 18.6 Å². The first-order valence-electron chi connectivity index (χ1n) is 5.91. The summed E-state index contributed by atoms with van der Waals surface area (Å²) in [6.45, 7) is 1.52. The third-order valence-corrected chi connectivity index (χ3v) is 3.50. The van der Waals surface area contributed by atoms with Gasteiger partial charge < -0.3 is 9.84 Å². The van der Waals surface area contributed by atoms with Crippen molar-refractivity contribution in [2.75, 3.05) is 6.26 Å². The van der Waals surface area contributed by atoms with Crippen LogP contribution >= 0.6 is 11.8 Å². The van der Waals surface area contributed by atoms with Crippen molar-refractivity contribution in [3.05, 3.63) is 53.8 Å². The molecule has 0 aliphatic heterocycles. The van der Waals surface area contributed by atoms with E-state index in [2.05, 4.69) is 0 Å². The minimum Gasteiger partial charge on any atom is -0.456 e. The molecular weight excluding hydrogens is 263 g/mol. The number of hydrogen-bond acceptors (Lipinski definition) is 3. The molecule has 0 spiro atoms. The maximum absolute atomic E-state index is 13.7. The summed E-state index contributed by atoms with van der Waals surface area (Å²) in [7, 11) is 0. The number of aliphatic hydroxyl groups excluding tert-OH is 1. The number of halogens is 1. The van der Waals surface area contributed by atoms with Crippen LogP contribution in [0.2, 0.25) is 0 Å². The van der Waals surface area contributed by atoms with E-state index in [0.717, 1.165) is 4.90 Å². The Kier molecular flexibility index (Phi) is 4.45. The third-order valence-electron chi connectivity index (χ3n) is 2.72. The number of para-hydroxylation sites is 1. The second kappa shape index (κ2) is 6.08. The molecule has 4 heteroatoms. The van der Waals surface area contributed by atoms with Crippen molar-refractivity contribution < 1.29 is 14.2 Å². The molecule has 0 saturated heterocycles. The van der Waals surface area contributed by atoms with E-state index in [9.17, 15) is 9.50 Å². The molecule has 100 valence electrons. The zero-order valence-electron chi connectivity index (χ0n) is 10.8.